The predicted molar refractivity (Wildman–Crippen MR) is 176 cm³/mol. The first-order valence-corrected chi connectivity index (χ1v) is 14.8. The zero-order chi connectivity index (χ0) is 30.5. The van der Waals surface area contributed by atoms with E-state index in [0.29, 0.717) is 41.0 Å². The number of aliphatic imine (C=N–C) groups is 1. The maximum atomic E-state index is 11.5. The van der Waals surface area contributed by atoms with Crippen molar-refractivity contribution < 1.29 is 4.79 Å². The van der Waals surface area contributed by atoms with E-state index in [1.165, 1.54) is 0 Å². The molecule has 5 rings (SSSR count). The summed E-state index contributed by atoms with van der Waals surface area (Å²) in [6.45, 7) is 13.0. The highest BCUT2D eigenvalue weighted by molar-refractivity contribution is 6.36. The van der Waals surface area contributed by atoms with Gasteiger partial charge in [-0.05, 0) is 75.7 Å². The van der Waals surface area contributed by atoms with Gasteiger partial charge in [0, 0.05) is 48.1 Å². The van der Waals surface area contributed by atoms with E-state index in [0.717, 1.165) is 57.9 Å². The second-order valence-electron chi connectivity index (χ2n) is 10.7. The molecule has 8 nitrogen and oxygen atoms in total. The van der Waals surface area contributed by atoms with Crippen LogP contribution in [0.4, 0.5) is 17.2 Å². The van der Waals surface area contributed by atoms with E-state index in [9.17, 15) is 4.79 Å². The van der Waals surface area contributed by atoms with Crippen LogP contribution in [0, 0.1) is 20.8 Å². The molecule has 1 atom stereocenters. The Labute approximate surface area is 257 Å². The summed E-state index contributed by atoms with van der Waals surface area (Å²) in [5, 5.41) is 10.5. The van der Waals surface area contributed by atoms with Crippen LogP contribution in [0.2, 0.25) is 5.02 Å². The lowest BCUT2D eigenvalue weighted by atomic mass is 9.96. The van der Waals surface area contributed by atoms with Crippen LogP contribution in [0.5, 0.6) is 0 Å². The maximum Gasteiger partial charge on any atom is 0.220 e. The average Bonchev–Trinajstić information content (AvgIpc) is 3.40. The number of carbonyl (C=O) groups is 1. The van der Waals surface area contributed by atoms with Crippen molar-refractivity contribution in [1.82, 2.24) is 25.6 Å². The monoisotopic (exact) mass is 593 g/mol. The van der Waals surface area contributed by atoms with Gasteiger partial charge in [-0.2, -0.15) is 0 Å². The normalized spacial score (nSPS) is 14.7. The zero-order valence-corrected chi connectivity index (χ0v) is 25.7. The number of hydrogen-bond acceptors (Lipinski definition) is 7. The summed E-state index contributed by atoms with van der Waals surface area (Å²) in [5.41, 5.74) is 8.87. The topological polar surface area (TPSA) is 104 Å². The third-order valence-electron chi connectivity index (χ3n) is 7.64. The van der Waals surface area contributed by atoms with Gasteiger partial charge in [-0.25, -0.2) is 9.97 Å². The van der Waals surface area contributed by atoms with Gasteiger partial charge in [0.05, 0.1) is 16.4 Å². The average molecular weight is 594 g/mol. The first-order chi connectivity index (χ1) is 20.8. The number of aryl methyl sites for hydroxylation is 2. The van der Waals surface area contributed by atoms with E-state index >= 15 is 0 Å². The predicted octanol–water partition coefficient (Wildman–Crippen LogP) is 7.26. The lowest BCUT2D eigenvalue weighted by molar-refractivity contribution is -0.119. The van der Waals surface area contributed by atoms with Crippen LogP contribution in [-0.2, 0) is 11.3 Å². The van der Waals surface area contributed by atoms with Crippen LogP contribution in [0.3, 0.4) is 0 Å². The van der Waals surface area contributed by atoms with Crippen LogP contribution >= 0.6 is 11.6 Å². The fraction of sp³-hybridized carbons (Fsp3) is 0.265. The van der Waals surface area contributed by atoms with E-state index in [-0.39, 0.29) is 11.9 Å². The summed E-state index contributed by atoms with van der Waals surface area (Å²) in [4.78, 5) is 29.7. The van der Waals surface area contributed by atoms with Crippen molar-refractivity contribution in [2.75, 3.05) is 11.9 Å². The van der Waals surface area contributed by atoms with Crippen LogP contribution in [0.25, 0.3) is 28.5 Å². The number of nitrogens with one attached hydrogen (secondary N) is 3. The lowest BCUT2D eigenvalue weighted by Gasteiger charge is -2.17. The summed E-state index contributed by atoms with van der Waals surface area (Å²) in [7, 11) is 0. The molecule has 0 radical (unpaired) electrons. The van der Waals surface area contributed by atoms with Crippen molar-refractivity contribution in [3.63, 3.8) is 0 Å². The lowest BCUT2D eigenvalue weighted by Crippen LogP contribution is -2.35. The summed E-state index contributed by atoms with van der Waals surface area (Å²) in [6, 6.07) is 16.4. The number of rotatable bonds is 10. The molecule has 1 aliphatic heterocycles. The third-order valence-corrected chi connectivity index (χ3v) is 8.05. The van der Waals surface area contributed by atoms with E-state index in [4.69, 9.17) is 16.6 Å². The van der Waals surface area contributed by atoms with Crippen LogP contribution in [-0.4, -0.2) is 40.2 Å². The highest BCUT2D eigenvalue weighted by Crippen LogP contribution is 2.40. The van der Waals surface area contributed by atoms with Gasteiger partial charge in [0.1, 0.15) is 11.5 Å². The smallest absolute Gasteiger partial charge is 0.220 e. The number of anilines is 2. The fourth-order valence-corrected chi connectivity index (χ4v) is 5.70. The summed E-state index contributed by atoms with van der Waals surface area (Å²) < 4.78 is 0. The SMILES string of the molecule is C=Nc1c(/C=C\C)nc(C)nc1Nc1cccc(-c2cccc(-c3ccc(CNC[C@@H]4CCC(=O)N4)c(C)n3)c2Cl)c1C. The molecule has 0 saturated carbocycles. The summed E-state index contributed by atoms with van der Waals surface area (Å²) >= 11 is 7.09. The molecule has 2 aromatic carbocycles. The fourth-order valence-electron chi connectivity index (χ4n) is 5.37. The van der Waals surface area contributed by atoms with Gasteiger partial charge in [0.25, 0.3) is 0 Å². The summed E-state index contributed by atoms with van der Waals surface area (Å²) in [6.07, 6.45) is 5.30. The van der Waals surface area contributed by atoms with Crippen molar-refractivity contribution in [2.45, 2.75) is 53.1 Å². The molecular weight excluding hydrogens is 558 g/mol. The van der Waals surface area contributed by atoms with Gasteiger partial charge < -0.3 is 16.0 Å². The van der Waals surface area contributed by atoms with Gasteiger partial charge in [-0.15, -0.1) is 0 Å². The van der Waals surface area contributed by atoms with Crippen molar-refractivity contribution in [3.05, 3.63) is 88.0 Å². The van der Waals surface area contributed by atoms with Gasteiger partial charge >= 0.3 is 0 Å². The molecule has 0 bridgehead atoms. The first kappa shape index (κ1) is 30.1. The maximum absolute atomic E-state index is 11.5. The number of nitrogens with zero attached hydrogens (tertiary/aromatic N) is 4. The Morgan fingerprint density at radius 3 is 2.53 bits per heavy atom. The standard InChI is InChI=1S/C34H36ClN7O/c1-6-9-30-33(36-5)34(40-22(4)39-30)42-28-13-8-10-25(20(28)2)26-11-7-12-27(32(26)35)29-16-14-23(21(3)38-29)18-37-19-24-15-17-31(43)41-24/h6-14,16,24,37H,5,15,17-19H2,1-4H3,(H,41,43)(H,39,40,42)/b9-6-/t24-/m0/s1. The Morgan fingerprint density at radius 1 is 1.05 bits per heavy atom. The number of hydrogen-bond donors (Lipinski definition) is 3. The van der Waals surface area contributed by atoms with Gasteiger partial charge in [0.2, 0.25) is 5.91 Å². The van der Waals surface area contributed by atoms with E-state index in [1.807, 2.05) is 69.3 Å². The molecule has 0 aliphatic carbocycles. The van der Waals surface area contributed by atoms with E-state index in [1.54, 1.807) is 0 Å². The molecule has 220 valence electrons. The van der Waals surface area contributed by atoms with Crippen molar-refractivity contribution in [1.29, 1.82) is 0 Å². The Bertz CT molecular complexity index is 1720. The number of aromatic nitrogens is 3. The number of pyridine rings is 1. The molecule has 0 spiro atoms. The quantitative estimate of drug-likeness (QED) is 0.167. The Hall–Kier alpha value is -4.40. The van der Waals surface area contributed by atoms with Gasteiger partial charge in [-0.1, -0.05) is 54.1 Å². The van der Waals surface area contributed by atoms with Crippen LogP contribution in [0.15, 0.2) is 59.6 Å². The van der Waals surface area contributed by atoms with Crippen molar-refractivity contribution >= 4 is 47.5 Å². The third kappa shape index (κ3) is 6.66. The van der Waals surface area contributed by atoms with Crippen molar-refractivity contribution in [2.24, 2.45) is 4.99 Å². The number of carbonyl (C=O) groups excluding carboxylic acids is 1. The Morgan fingerprint density at radius 2 is 1.81 bits per heavy atom. The molecule has 1 aliphatic rings. The molecule has 0 unspecified atom stereocenters. The second kappa shape index (κ2) is 13.3. The molecule has 1 saturated heterocycles. The number of halogens is 1. The largest absolute Gasteiger partial charge is 0.352 e. The van der Waals surface area contributed by atoms with Crippen LogP contribution < -0.4 is 16.0 Å². The van der Waals surface area contributed by atoms with Crippen LogP contribution in [0.1, 0.15) is 48.1 Å². The van der Waals surface area contributed by atoms with E-state index < -0.39 is 0 Å². The molecule has 3 N–H and O–H groups in total. The zero-order valence-electron chi connectivity index (χ0n) is 25.0. The molecule has 3 heterocycles. The number of allylic oxidation sites excluding steroid dienone is 1. The number of amides is 1. The Balaban J connectivity index is 1.40. The molecule has 1 fully saturated rings. The second-order valence-corrected chi connectivity index (χ2v) is 11.0. The van der Waals surface area contributed by atoms with Crippen molar-refractivity contribution in [3.8, 4) is 22.4 Å². The molecular formula is C34H36ClN7O. The summed E-state index contributed by atoms with van der Waals surface area (Å²) in [5.74, 6) is 1.36. The highest BCUT2D eigenvalue weighted by atomic mass is 35.5. The highest BCUT2D eigenvalue weighted by Gasteiger charge is 2.20. The minimum absolute atomic E-state index is 0.130. The molecule has 4 aromatic rings. The minimum atomic E-state index is 0.130. The number of benzene rings is 2. The minimum Gasteiger partial charge on any atom is -0.352 e. The molecule has 9 heteroatoms. The molecule has 43 heavy (non-hydrogen) atoms. The van der Waals surface area contributed by atoms with E-state index in [2.05, 4.69) is 56.7 Å². The molecule has 2 aromatic heterocycles. The van der Waals surface area contributed by atoms with Gasteiger partial charge in [0.15, 0.2) is 5.82 Å². The Kier molecular flexibility index (Phi) is 9.28. The first-order valence-electron chi connectivity index (χ1n) is 14.4. The van der Waals surface area contributed by atoms with Gasteiger partial charge in [-0.3, -0.25) is 14.8 Å². The molecule has 1 amide bonds.